The highest BCUT2D eigenvalue weighted by Gasteiger charge is 2.72. The molecule has 0 aromatic carbocycles. The van der Waals surface area contributed by atoms with Crippen LogP contribution < -0.4 is 0 Å². The van der Waals surface area contributed by atoms with Crippen molar-refractivity contribution in [3.05, 3.63) is 0 Å². The maximum Gasteiger partial charge on any atom is 0.459 e. The molecule has 0 amide bonds. The van der Waals surface area contributed by atoms with Gasteiger partial charge in [-0.3, -0.25) is 4.79 Å². The van der Waals surface area contributed by atoms with Gasteiger partial charge in [0.15, 0.2) is 0 Å². The third-order valence-electron chi connectivity index (χ3n) is 3.12. The molecule has 0 aromatic rings. The Bertz CT molecular complexity index is 397. The first-order valence-corrected chi connectivity index (χ1v) is 8.43. The summed E-state index contributed by atoms with van der Waals surface area (Å²) >= 11 is 1.11. The summed E-state index contributed by atoms with van der Waals surface area (Å²) in [5.74, 6) is -11.6. The van der Waals surface area contributed by atoms with Crippen molar-refractivity contribution in [3.8, 4) is 0 Å². The number of ether oxygens (including phenoxy) is 1. The molecule has 24 heavy (non-hydrogen) atoms. The lowest BCUT2D eigenvalue weighted by atomic mass is 10.0. The van der Waals surface area contributed by atoms with Crippen LogP contribution in [-0.2, 0) is 9.53 Å². The third kappa shape index (κ3) is 6.33. The van der Waals surface area contributed by atoms with E-state index in [1.807, 2.05) is 0 Å². The summed E-state index contributed by atoms with van der Waals surface area (Å²) in [6, 6.07) is 0. The quantitative estimate of drug-likeness (QED) is 0.289. The van der Waals surface area contributed by atoms with E-state index in [9.17, 15) is 35.5 Å². The first kappa shape index (κ1) is 23.3. The van der Waals surface area contributed by atoms with Gasteiger partial charge in [-0.15, -0.1) is 11.8 Å². The number of alkyl halides is 7. The molecule has 144 valence electrons. The van der Waals surface area contributed by atoms with E-state index in [0.717, 1.165) is 11.8 Å². The van der Waals surface area contributed by atoms with Gasteiger partial charge in [-0.05, 0) is 31.4 Å². The van der Waals surface area contributed by atoms with Gasteiger partial charge in [0.1, 0.15) is 5.25 Å². The molecule has 0 radical (unpaired) electrons. The Balaban J connectivity index is 4.41. The average Bonchev–Trinajstić information content (AvgIpc) is 2.40. The van der Waals surface area contributed by atoms with E-state index in [0.29, 0.717) is 0 Å². The van der Waals surface area contributed by atoms with Gasteiger partial charge in [0, 0.05) is 6.42 Å². The second-order valence-electron chi connectivity index (χ2n) is 5.52. The Morgan fingerprint density at radius 2 is 1.58 bits per heavy atom. The summed E-state index contributed by atoms with van der Waals surface area (Å²) in [5, 5.41) is -0.540. The Morgan fingerprint density at radius 3 is 2.00 bits per heavy atom. The molecule has 0 aliphatic rings. The predicted octanol–water partition coefficient (Wildman–Crippen LogP) is 5.31. The van der Waals surface area contributed by atoms with Crippen molar-refractivity contribution in [1.29, 1.82) is 0 Å². The molecule has 0 rings (SSSR count). The summed E-state index contributed by atoms with van der Waals surface area (Å²) in [6.07, 6.45) is -8.40. The van der Waals surface area contributed by atoms with E-state index in [4.69, 9.17) is 4.74 Å². The lowest BCUT2D eigenvalue weighted by Gasteiger charge is -2.28. The van der Waals surface area contributed by atoms with Crippen LogP contribution in [0.1, 0.15) is 40.0 Å². The number of unbranched alkanes of at least 4 members (excludes halogenated alkanes) is 1. The fourth-order valence-electron chi connectivity index (χ4n) is 1.78. The maximum atomic E-state index is 13.1. The Morgan fingerprint density at radius 1 is 1.04 bits per heavy atom. The Labute approximate surface area is 140 Å². The van der Waals surface area contributed by atoms with E-state index in [1.54, 1.807) is 20.8 Å². The molecule has 0 saturated carbocycles. The summed E-state index contributed by atoms with van der Waals surface area (Å²) in [6.45, 7) is 5.32. The van der Waals surface area contributed by atoms with E-state index in [1.165, 1.54) is 0 Å². The molecule has 0 spiro atoms. The number of esters is 1. The maximum absolute atomic E-state index is 13.1. The molecule has 0 aromatic heterocycles. The van der Waals surface area contributed by atoms with Crippen LogP contribution >= 0.6 is 11.8 Å². The van der Waals surface area contributed by atoms with Gasteiger partial charge in [-0.1, -0.05) is 13.8 Å². The summed E-state index contributed by atoms with van der Waals surface area (Å²) in [5.41, 5.74) is 0. The highest BCUT2D eigenvalue weighted by Crippen LogP contribution is 2.48. The van der Waals surface area contributed by atoms with Crippen molar-refractivity contribution in [2.24, 2.45) is 5.92 Å². The second kappa shape index (κ2) is 9.15. The molecule has 1 atom stereocenters. The van der Waals surface area contributed by atoms with Crippen LogP contribution in [0.15, 0.2) is 0 Å². The number of halogens is 7. The van der Waals surface area contributed by atoms with Crippen molar-refractivity contribution in [3.63, 3.8) is 0 Å². The number of carbonyl (C=O) groups is 1. The first-order valence-electron chi connectivity index (χ1n) is 7.38. The molecule has 10 heteroatoms. The van der Waals surface area contributed by atoms with Gasteiger partial charge in [-0.2, -0.15) is 30.7 Å². The molecule has 0 aliphatic carbocycles. The zero-order valence-electron chi connectivity index (χ0n) is 13.6. The molecule has 0 fully saturated rings. The SMILES string of the molecule is CCOC(=O)C(SCCCCC(F)(F)C(F)(F)C(F)(F)F)C(C)C. The normalized spacial score (nSPS) is 14.8. The molecule has 0 bridgehead atoms. The number of hydrogen-bond acceptors (Lipinski definition) is 3. The molecule has 1 unspecified atom stereocenters. The zero-order chi connectivity index (χ0) is 19.2. The third-order valence-corrected chi connectivity index (χ3v) is 4.74. The fraction of sp³-hybridized carbons (Fsp3) is 0.929. The second-order valence-corrected chi connectivity index (χ2v) is 6.77. The molecule has 0 heterocycles. The van der Waals surface area contributed by atoms with Gasteiger partial charge in [0.2, 0.25) is 0 Å². The van der Waals surface area contributed by atoms with Gasteiger partial charge in [-0.25, -0.2) is 0 Å². The van der Waals surface area contributed by atoms with E-state index in [2.05, 4.69) is 0 Å². The smallest absolute Gasteiger partial charge is 0.459 e. The van der Waals surface area contributed by atoms with Crippen LogP contribution in [0.25, 0.3) is 0 Å². The Hall–Kier alpha value is -0.670. The lowest BCUT2D eigenvalue weighted by Crippen LogP contribution is -2.51. The standard InChI is InChI=1S/C14H21F7O2S/c1-4-23-11(22)10(9(2)3)24-8-6-5-7-12(15,16)13(17,18)14(19,20)21/h9-10H,4-8H2,1-3H3. The molecular weight excluding hydrogens is 365 g/mol. The predicted molar refractivity (Wildman–Crippen MR) is 77.5 cm³/mol. The summed E-state index contributed by atoms with van der Waals surface area (Å²) in [4.78, 5) is 11.7. The fourth-order valence-corrected chi connectivity index (χ4v) is 2.99. The molecule has 2 nitrogen and oxygen atoms in total. The number of carbonyl (C=O) groups excluding carboxylic acids is 1. The van der Waals surface area contributed by atoms with Crippen molar-refractivity contribution < 1.29 is 40.3 Å². The molecule has 0 saturated heterocycles. The first-order chi connectivity index (χ1) is 10.8. The van der Waals surface area contributed by atoms with Crippen LogP contribution in [0.4, 0.5) is 30.7 Å². The topological polar surface area (TPSA) is 26.3 Å². The van der Waals surface area contributed by atoms with Gasteiger partial charge < -0.3 is 4.74 Å². The highest BCUT2D eigenvalue weighted by atomic mass is 32.2. The van der Waals surface area contributed by atoms with Crippen LogP contribution in [0, 0.1) is 5.92 Å². The minimum absolute atomic E-state index is 0.0170. The van der Waals surface area contributed by atoms with Crippen LogP contribution in [0.5, 0.6) is 0 Å². The van der Waals surface area contributed by atoms with Crippen molar-refractivity contribution in [1.82, 2.24) is 0 Å². The highest BCUT2D eigenvalue weighted by molar-refractivity contribution is 8.00. The van der Waals surface area contributed by atoms with E-state index < -0.39 is 42.1 Å². The van der Waals surface area contributed by atoms with Crippen molar-refractivity contribution in [2.45, 2.75) is 63.3 Å². The zero-order valence-corrected chi connectivity index (χ0v) is 14.4. The minimum atomic E-state index is -6.29. The number of thioether (sulfide) groups is 1. The van der Waals surface area contributed by atoms with E-state index in [-0.39, 0.29) is 24.7 Å². The average molecular weight is 386 g/mol. The molecule has 0 aliphatic heterocycles. The van der Waals surface area contributed by atoms with Gasteiger partial charge in [0.25, 0.3) is 0 Å². The van der Waals surface area contributed by atoms with Gasteiger partial charge >= 0.3 is 24.0 Å². The summed E-state index contributed by atoms with van der Waals surface area (Å²) in [7, 11) is 0. The monoisotopic (exact) mass is 386 g/mol. The summed E-state index contributed by atoms with van der Waals surface area (Å²) < 4.78 is 92.4. The minimum Gasteiger partial charge on any atom is -0.465 e. The van der Waals surface area contributed by atoms with Crippen molar-refractivity contribution >= 4 is 17.7 Å². The van der Waals surface area contributed by atoms with Gasteiger partial charge in [0.05, 0.1) is 6.61 Å². The van der Waals surface area contributed by atoms with Crippen LogP contribution in [0.3, 0.4) is 0 Å². The largest absolute Gasteiger partial charge is 0.465 e. The number of hydrogen-bond donors (Lipinski definition) is 0. The number of rotatable bonds is 10. The van der Waals surface area contributed by atoms with E-state index >= 15 is 0 Å². The van der Waals surface area contributed by atoms with Crippen LogP contribution in [0.2, 0.25) is 0 Å². The molecule has 0 N–H and O–H groups in total. The molecular formula is C14H21F7O2S. The van der Waals surface area contributed by atoms with Crippen LogP contribution in [-0.4, -0.2) is 41.6 Å². The Kier molecular flexibility index (Phi) is 8.89. The lowest BCUT2D eigenvalue weighted by molar-refractivity contribution is -0.355. The van der Waals surface area contributed by atoms with Crippen molar-refractivity contribution in [2.75, 3.05) is 12.4 Å².